The summed E-state index contributed by atoms with van der Waals surface area (Å²) in [6.07, 6.45) is 7.01. The van der Waals surface area contributed by atoms with Gasteiger partial charge >= 0.3 is 0 Å². The first-order valence-electron chi connectivity index (χ1n) is 16.0. The number of nitrogens with one attached hydrogen (secondary N) is 7. The van der Waals surface area contributed by atoms with Crippen molar-refractivity contribution in [2.45, 2.75) is 82.5 Å². The Morgan fingerprint density at radius 3 is 2.78 bits per heavy atom. The van der Waals surface area contributed by atoms with Crippen molar-refractivity contribution >= 4 is 11.6 Å². The fourth-order valence-electron chi connectivity index (χ4n) is 6.87. The molecule has 41 heavy (non-hydrogen) atoms. The number of nitrogens with zero attached hydrogens (tertiary/aromatic N) is 1. The SMILES string of the molecule is CCC1CNCCC1CNC(=O)c1cccc(NCC2NNC(C3CCNCN3)N2CCOC2CCCCC2O)c1. The molecule has 230 valence electrons. The molecule has 4 aliphatic rings. The summed E-state index contributed by atoms with van der Waals surface area (Å²) in [5.41, 5.74) is 8.62. The maximum Gasteiger partial charge on any atom is 0.251 e. The van der Waals surface area contributed by atoms with Crippen LogP contribution >= 0.6 is 0 Å². The van der Waals surface area contributed by atoms with E-state index in [4.69, 9.17) is 4.74 Å². The van der Waals surface area contributed by atoms with Crippen molar-refractivity contribution in [1.29, 1.82) is 0 Å². The minimum Gasteiger partial charge on any atom is -0.390 e. The maximum atomic E-state index is 13.0. The van der Waals surface area contributed by atoms with Crippen LogP contribution in [0, 0.1) is 11.8 Å². The van der Waals surface area contributed by atoms with Crippen molar-refractivity contribution < 1.29 is 14.6 Å². The third-order valence-electron chi connectivity index (χ3n) is 9.45. The molecule has 1 amide bonds. The molecule has 3 saturated heterocycles. The van der Waals surface area contributed by atoms with Crippen molar-refractivity contribution in [3.05, 3.63) is 29.8 Å². The zero-order valence-electron chi connectivity index (χ0n) is 24.7. The van der Waals surface area contributed by atoms with Crippen molar-refractivity contribution in [3.8, 4) is 0 Å². The summed E-state index contributed by atoms with van der Waals surface area (Å²) in [5.74, 6) is 1.14. The zero-order chi connectivity index (χ0) is 28.4. The zero-order valence-corrected chi connectivity index (χ0v) is 24.7. The monoisotopic (exact) mass is 572 g/mol. The lowest BCUT2D eigenvalue weighted by Gasteiger charge is -2.36. The van der Waals surface area contributed by atoms with Crippen LogP contribution in [0.1, 0.15) is 62.2 Å². The molecule has 0 spiro atoms. The first-order chi connectivity index (χ1) is 20.1. The van der Waals surface area contributed by atoms with E-state index in [2.05, 4.69) is 49.3 Å². The van der Waals surface area contributed by atoms with E-state index in [0.717, 1.165) is 90.0 Å². The Bertz CT molecular complexity index is 948. The predicted octanol–water partition coefficient (Wildman–Crippen LogP) is 0.755. The van der Waals surface area contributed by atoms with E-state index in [1.807, 2.05) is 24.3 Å². The number of hydrogen-bond acceptors (Lipinski definition) is 10. The van der Waals surface area contributed by atoms with E-state index in [1.165, 1.54) is 0 Å². The topological polar surface area (TPSA) is 134 Å². The highest BCUT2D eigenvalue weighted by Crippen LogP contribution is 2.23. The molecule has 3 aliphatic heterocycles. The van der Waals surface area contributed by atoms with Gasteiger partial charge in [0.25, 0.3) is 5.91 Å². The second kappa shape index (κ2) is 15.6. The molecule has 5 rings (SSSR count). The summed E-state index contributed by atoms with van der Waals surface area (Å²) in [5, 5.41) is 27.5. The number of rotatable bonds is 12. The van der Waals surface area contributed by atoms with Crippen molar-refractivity contribution in [2.75, 3.05) is 57.9 Å². The van der Waals surface area contributed by atoms with Gasteiger partial charge in [0.2, 0.25) is 0 Å². The van der Waals surface area contributed by atoms with Crippen LogP contribution in [-0.2, 0) is 4.74 Å². The lowest BCUT2D eigenvalue weighted by Crippen LogP contribution is -2.59. The fourth-order valence-corrected chi connectivity index (χ4v) is 6.87. The van der Waals surface area contributed by atoms with Crippen LogP contribution in [0.5, 0.6) is 0 Å². The highest BCUT2D eigenvalue weighted by Gasteiger charge is 2.38. The van der Waals surface area contributed by atoms with Gasteiger partial charge in [-0.2, -0.15) is 0 Å². The molecule has 1 aromatic rings. The van der Waals surface area contributed by atoms with E-state index in [-0.39, 0.29) is 30.4 Å². The third kappa shape index (κ3) is 8.39. The molecule has 1 saturated carbocycles. The standard InChI is InChI=1S/C30H52N8O3/c1-2-21-17-31-12-10-23(21)18-34-30(40)22-6-5-7-24(16-22)33-19-28-36-37-29(25-11-13-32-20-35-25)38(28)14-15-41-27-9-4-3-8-26(27)39/h5-7,16,21,23,25-29,31-33,35-37,39H,2-4,8-15,17-20H2,1H3,(H,34,40). The average molecular weight is 573 g/mol. The summed E-state index contributed by atoms with van der Waals surface area (Å²) < 4.78 is 6.18. The number of benzene rings is 1. The van der Waals surface area contributed by atoms with E-state index in [0.29, 0.717) is 36.6 Å². The normalized spacial score (nSPS) is 33.0. The van der Waals surface area contributed by atoms with E-state index < -0.39 is 0 Å². The van der Waals surface area contributed by atoms with Gasteiger partial charge in [-0.15, -0.1) is 0 Å². The highest BCUT2D eigenvalue weighted by atomic mass is 16.5. The van der Waals surface area contributed by atoms with Crippen molar-refractivity contribution in [2.24, 2.45) is 11.8 Å². The lowest BCUT2D eigenvalue weighted by atomic mass is 9.84. The number of aliphatic hydroxyl groups excluding tert-OH is 1. The van der Waals surface area contributed by atoms with Crippen LogP contribution in [0.2, 0.25) is 0 Å². The van der Waals surface area contributed by atoms with Crippen molar-refractivity contribution in [1.82, 2.24) is 37.0 Å². The van der Waals surface area contributed by atoms with Crippen LogP contribution in [0.15, 0.2) is 24.3 Å². The van der Waals surface area contributed by atoms with Crippen LogP contribution < -0.4 is 37.4 Å². The number of carbonyl (C=O) groups is 1. The number of hydrazine groups is 1. The van der Waals surface area contributed by atoms with Gasteiger partial charge in [0, 0.05) is 43.6 Å². The smallest absolute Gasteiger partial charge is 0.251 e. The molecule has 7 unspecified atom stereocenters. The Kier molecular flexibility index (Phi) is 11.6. The minimum atomic E-state index is -0.352. The van der Waals surface area contributed by atoms with E-state index in [9.17, 15) is 9.90 Å². The summed E-state index contributed by atoms with van der Waals surface area (Å²) in [4.78, 5) is 15.4. The number of hydrogen-bond donors (Lipinski definition) is 8. The molecule has 11 nitrogen and oxygen atoms in total. The Hall–Kier alpha value is -1.83. The molecule has 8 N–H and O–H groups in total. The highest BCUT2D eigenvalue weighted by molar-refractivity contribution is 5.95. The van der Waals surface area contributed by atoms with Gasteiger partial charge in [0.1, 0.15) is 0 Å². The Morgan fingerprint density at radius 1 is 1.07 bits per heavy atom. The summed E-state index contributed by atoms with van der Waals surface area (Å²) in [7, 11) is 0. The van der Waals surface area contributed by atoms with Gasteiger partial charge in [-0.25, -0.2) is 10.9 Å². The summed E-state index contributed by atoms with van der Waals surface area (Å²) in [6, 6.07) is 8.11. The summed E-state index contributed by atoms with van der Waals surface area (Å²) >= 11 is 0. The maximum absolute atomic E-state index is 13.0. The second-order valence-electron chi connectivity index (χ2n) is 12.1. The molecule has 3 heterocycles. The number of anilines is 1. The molecular weight excluding hydrogens is 520 g/mol. The Balaban J connectivity index is 1.15. The molecule has 1 aromatic carbocycles. The van der Waals surface area contributed by atoms with Gasteiger partial charge in [0.15, 0.2) is 0 Å². The fraction of sp³-hybridized carbons (Fsp3) is 0.767. The quantitative estimate of drug-likeness (QED) is 0.181. The number of ether oxygens (including phenoxy) is 1. The van der Waals surface area contributed by atoms with Crippen LogP contribution in [0.4, 0.5) is 5.69 Å². The summed E-state index contributed by atoms with van der Waals surface area (Å²) in [6.45, 7) is 8.82. The van der Waals surface area contributed by atoms with Gasteiger partial charge in [0.05, 0.1) is 31.1 Å². The average Bonchev–Trinajstić information content (AvgIpc) is 3.43. The largest absolute Gasteiger partial charge is 0.390 e. The Labute approximate surface area is 245 Å². The number of carbonyl (C=O) groups excluding carboxylic acids is 1. The second-order valence-corrected chi connectivity index (χ2v) is 12.1. The molecule has 0 radical (unpaired) electrons. The van der Waals surface area contributed by atoms with Crippen LogP contribution in [0.25, 0.3) is 0 Å². The lowest BCUT2D eigenvalue weighted by molar-refractivity contribution is -0.0662. The molecule has 11 heteroatoms. The predicted molar refractivity (Wildman–Crippen MR) is 161 cm³/mol. The molecule has 1 aliphatic carbocycles. The Morgan fingerprint density at radius 2 is 1.95 bits per heavy atom. The molecule has 7 atom stereocenters. The van der Waals surface area contributed by atoms with Crippen LogP contribution in [0.3, 0.4) is 0 Å². The molecular formula is C30H52N8O3. The first kappa shape index (κ1) is 30.6. The molecule has 4 fully saturated rings. The van der Waals surface area contributed by atoms with E-state index >= 15 is 0 Å². The van der Waals surface area contributed by atoms with Gasteiger partial charge in [-0.3, -0.25) is 15.0 Å². The minimum absolute atomic E-state index is 0.0107. The van der Waals surface area contributed by atoms with Crippen LogP contribution in [-0.4, -0.2) is 99.0 Å². The van der Waals surface area contributed by atoms with Gasteiger partial charge < -0.3 is 31.1 Å². The van der Waals surface area contributed by atoms with Crippen molar-refractivity contribution in [3.63, 3.8) is 0 Å². The molecule has 0 aromatic heterocycles. The van der Waals surface area contributed by atoms with E-state index in [1.54, 1.807) is 0 Å². The van der Waals surface area contributed by atoms with Gasteiger partial charge in [-0.05, 0) is 75.4 Å². The number of piperidine rings is 1. The third-order valence-corrected chi connectivity index (χ3v) is 9.45. The van der Waals surface area contributed by atoms with Gasteiger partial charge in [-0.1, -0.05) is 32.3 Å². The number of amides is 1. The first-order valence-corrected chi connectivity index (χ1v) is 16.0. The molecule has 0 bridgehead atoms. The number of aliphatic hydroxyl groups is 1.